The van der Waals surface area contributed by atoms with Crippen LogP contribution in [-0.2, 0) is 4.74 Å². The number of hydrogen-bond acceptors (Lipinski definition) is 3. The van der Waals surface area contributed by atoms with E-state index in [1.807, 2.05) is 20.8 Å². The molecule has 1 aliphatic rings. The van der Waals surface area contributed by atoms with Crippen LogP contribution in [0.15, 0.2) is 0 Å². The van der Waals surface area contributed by atoms with Gasteiger partial charge < -0.3 is 14.5 Å². The molecule has 1 fully saturated rings. The van der Waals surface area contributed by atoms with Crippen LogP contribution in [0.3, 0.4) is 0 Å². The Morgan fingerprint density at radius 1 is 1.38 bits per heavy atom. The smallest absolute Gasteiger partial charge is 0.410 e. The summed E-state index contributed by atoms with van der Waals surface area (Å²) in [6, 6.07) is 0. The molecule has 16 heavy (non-hydrogen) atoms. The van der Waals surface area contributed by atoms with E-state index in [1.54, 1.807) is 4.90 Å². The second-order valence-corrected chi connectivity index (χ2v) is 6.38. The molecular weight excluding hydrogens is 204 g/mol. The Morgan fingerprint density at radius 3 is 2.25 bits per heavy atom. The van der Waals surface area contributed by atoms with E-state index >= 15 is 0 Å². The van der Waals surface area contributed by atoms with Gasteiger partial charge in [0.1, 0.15) is 5.60 Å². The average molecular weight is 228 g/mol. The van der Waals surface area contributed by atoms with Crippen molar-refractivity contribution in [3.05, 3.63) is 0 Å². The van der Waals surface area contributed by atoms with Gasteiger partial charge in [-0.25, -0.2) is 4.79 Å². The normalized spacial score (nSPS) is 19.6. The lowest BCUT2D eigenvalue weighted by molar-refractivity contribution is -0.0350. The van der Waals surface area contributed by atoms with Gasteiger partial charge in [-0.05, 0) is 34.9 Å². The summed E-state index contributed by atoms with van der Waals surface area (Å²) in [7, 11) is 4.11. The van der Waals surface area contributed by atoms with E-state index in [1.165, 1.54) is 0 Å². The quantitative estimate of drug-likeness (QED) is 0.722. The van der Waals surface area contributed by atoms with Crippen molar-refractivity contribution in [1.82, 2.24) is 9.80 Å². The molecule has 0 aromatic carbocycles. The molecule has 1 rings (SSSR count). The Balaban J connectivity index is 2.38. The van der Waals surface area contributed by atoms with Crippen LogP contribution in [-0.4, -0.2) is 55.2 Å². The van der Waals surface area contributed by atoms with Crippen LogP contribution in [0.5, 0.6) is 0 Å². The van der Waals surface area contributed by atoms with Crippen LogP contribution in [0, 0.1) is 5.41 Å². The SMILES string of the molecule is CN(C)CC1(C)CN(C(=O)OC(C)(C)C)C1. The maximum absolute atomic E-state index is 11.7. The molecule has 0 atom stereocenters. The van der Waals surface area contributed by atoms with Crippen LogP contribution in [0.2, 0.25) is 0 Å². The zero-order valence-electron chi connectivity index (χ0n) is 11.3. The molecular formula is C12H24N2O2. The minimum Gasteiger partial charge on any atom is -0.444 e. The second kappa shape index (κ2) is 4.24. The van der Waals surface area contributed by atoms with Gasteiger partial charge in [0.25, 0.3) is 0 Å². The van der Waals surface area contributed by atoms with Gasteiger partial charge in [0.2, 0.25) is 0 Å². The van der Waals surface area contributed by atoms with Crippen molar-refractivity contribution < 1.29 is 9.53 Å². The molecule has 1 heterocycles. The lowest BCUT2D eigenvalue weighted by Crippen LogP contribution is -2.61. The summed E-state index contributed by atoms with van der Waals surface area (Å²) in [5.41, 5.74) is -0.176. The first-order valence-electron chi connectivity index (χ1n) is 5.74. The van der Waals surface area contributed by atoms with Gasteiger partial charge in [0, 0.05) is 25.0 Å². The molecule has 0 radical (unpaired) electrons. The van der Waals surface area contributed by atoms with E-state index in [9.17, 15) is 4.79 Å². The van der Waals surface area contributed by atoms with Crippen LogP contribution < -0.4 is 0 Å². The summed E-state index contributed by atoms with van der Waals surface area (Å²) in [5.74, 6) is 0. The van der Waals surface area contributed by atoms with Crippen LogP contribution >= 0.6 is 0 Å². The molecule has 0 unspecified atom stereocenters. The summed E-state index contributed by atoms with van der Waals surface area (Å²) in [6.07, 6.45) is -0.191. The number of hydrogen-bond donors (Lipinski definition) is 0. The van der Waals surface area contributed by atoms with Gasteiger partial charge >= 0.3 is 6.09 Å². The molecule has 0 bridgehead atoms. The minimum atomic E-state index is -0.398. The molecule has 0 aromatic heterocycles. The summed E-state index contributed by atoms with van der Waals surface area (Å²) < 4.78 is 5.31. The van der Waals surface area contributed by atoms with Crippen LogP contribution in [0.4, 0.5) is 4.79 Å². The van der Waals surface area contributed by atoms with Gasteiger partial charge in [-0.1, -0.05) is 6.92 Å². The van der Waals surface area contributed by atoms with Gasteiger partial charge in [-0.15, -0.1) is 0 Å². The molecule has 0 aromatic rings. The highest BCUT2D eigenvalue weighted by atomic mass is 16.6. The molecule has 4 heteroatoms. The second-order valence-electron chi connectivity index (χ2n) is 6.38. The maximum Gasteiger partial charge on any atom is 0.410 e. The minimum absolute atomic E-state index is 0.191. The first-order valence-corrected chi connectivity index (χ1v) is 5.74. The molecule has 0 aliphatic carbocycles. The van der Waals surface area contributed by atoms with E-state index in [-0.39, 0.29) is 11.5 Å². The van der Waals surface area contributed by atoms with Gasteiger partial charge in [0.05, 0.1) is 0 Å². The molecule has 1 amide bonds. The third kappa shape index (κ3) is 3.67. The average Bonchev–Trinajstić information content (AvgIpc) is 1.94. The predicted octanol–water partition coefficient (Wildman–Crippen LogP) is 1.80. The lowest BCUT2D eigenvalue weighted by atomic mass is 9.82. The summed E-state index contributed by atoms with van der Waals surface area (Å²) >= 11 is 0. The third-order valence-corrected chi connectivity index (χ3v) is 2.49. The first kappa shape index (κ1) is 13.3. The monoisotopic (exact) mass is 228 g/mol. The van der Waals surface area contributed by atoms with E-state index in [2.05, 4.69) is 25.9 Å². The molecule has 94 valence electrons. The Kier molecular flexibility index (Phi) is 3.53. The highest BCUT2D eigenvalue weighted by Gasteiger charge is 2.42. The van der Waals surface area contributed by atoms with Gasteiger partial charge in [-0.3, -0.25) is 0 Å². The van der Waals surface area contributed by atoms with Gasteiger partial charge in [-0.2, -0.15) is 0 Å². The third-order valence-electron chi connectivity index (χ3n) is 2.49. The van der Waals surface area contributed by atoms with E-state index in [0.29, 0.717) is 0 Å². The maximum atomic E-state index is 11.7. The Bertz CT molecular complexity index is 263. The predicted molar refractivity (Wildman–Crippen MR) is 64.5 cm³/mol. The molecule has 0 saturated carbocycles. The summed E-state index contributed by atoms with van der Waals surface area (Å²) in [4.78, 5) is 15.6. The zero-order valence-corrected chi connectivity index (χ0v) is 11.3. The Morgan fingerprint density at radius 2 is 1.88 bits per heavy atom. The van der Waals surface area contributed by atoms with Crippen molar-refractivity contribution in [2.75, 3.05) is 33.7 Å². The number of ether oxygens (including phenoxy) is 1. The number of carbonyl (C=O) groups is 1. The number of carbonyl (C=O) groups excluding carboxylic acids is 1. The van der Waals surface area contributed by atoms with Crippen LogP contribution in [0.25, 0.3) is 0 Å². The van der Waals surface area contributed by atoms with Crippen molar-refractivity contribution in [3.63, 3.8) is 0 Å². The van der Waals surface area contributed by atoms with E-state index in [4.69, 9.17) is 4.74 Å². The molecule has 0 spiro atoms. The first-order chi connectivity index (χ1) is 7.11. The highest BCUT2D eigenvalue weighted by molar-refractivity contribution is 5.69. The number of amides is 1. The number of nitrogens with zero attached hydrogens (tertiary/aromatic N) is 2. The fourth-order valence-electron chi connectivity index (χ4n) is 2.19. The summed E-state index contributed by atoms with van der Waals surface area (Å²) in [6.45, 7) is 10.5. The van der Waals surface area contributed by atoms with E-state index < -0.39 is 5.60 Å². The Hall–Kier alpha value is -0.770. The number of rotatable bonds is 2. The van der Waals surface area contributed by atoms with Crippen LogP contribution in [0.1, 0.15) is 27.7 Å². The van der Waals surface area contributed by atoms with Crippen molar-refractivity contribution in [2.24, 2.45) is 5.41 Å². The number of likely N-dealkylation sites (tertiary alicyclic amines) is 1. The molecule has 1 aliphatic heterocycles. The highest BCUT2D eigenvalue weighted by Crippen LogP contribution is 2.31. The van der Waals surface area contributed by atoms with Gasteiger partial charge in [0.15, 0.2) is 0 Å². The summed E-state index contributed by atoms with van der Waals surface area (Å²) in [5, 5.41) is 0. The fourth-order valence-corrected chi connectivity index (χ4v) is 2.19. The zero-order chi connectivity index (χ0) is 12.6. The molecule has 0 N–H and O–H groups in total. The van der Waals surface area contributed by atoms with Crippen molar-refractivity contribution in [2.45, 2.75) is 33.3 Å². The molecule has 4 nitrogen and oxygen atoms in total. The van der Waals surface area contributed by atoms with Crippen molar-refractivity contribution in [1.29, 1.82) is 0 Å². The lowest BCUT2D eigenvalue weighted by Gasteiger charge is -2.49. The van der Waals surface area contributed by atoms with Crippen molar-refractivity contribution in [3.8, 4) is 0 Å². The largest absolute Gasteiger partial charge is 0.444 e. The Labute approximate surface area is 98.5 Å². The standard InChI is InChI=1S/C12H24N2O2/c1-11(2,3)16-10(15)14-8-12(4,9-14)7-13(5)6/h7-9H2,1-6H3. The van der Waals surface area contributed by atoms with E-state index in [0.717, 1.165) is 19.6 Å². The van der Waals surface area contributed by atoms with Crippen molar-refractivity contribution >= 4 is 6.09 Å². The molecule has 1 saturated heterocycles. The topological polar surface area (TPSA) is 32.8 Å². The fraction of sp³-hybridized carbons (Fsp3) is 0.917.